The number of aromatic nitrogens is 2. The lowest BCUT2D eigenvalue weighted by Crippen LogP contribution is -2.38. The van der Waals surface area contributed by atoms with Crippen LogP contribution in [0.4, 0.5) is 0 Å². The Labute approximate surface area is 146 Å². The van der Waals surface area contributed by atoms with Gasteiger partial charge in [-0.2, -0.15) is 10.2 Å². The van der Waals surface area contributed by atoms with Crippen molar-refractivity contribution in [3.63, 3.8) is 0 Å². The standard InChI is InChI=1S/C18H20N4O3/c1-13-20-18(21-25-13)15-8-3-2-6-10-22(15)17(23)12-24-16-9-5-4-7-14(16)11-19/h4-5,7,9,15H,2-3,6,8,10,12H2,1H3/t15-/m0/s1. The van der Waals surface area contributed by atoms with Gasteiger partial charge in [0.1, 0.15) is 11.8 Å². The minimum absolute atomic E-state index is 0.119. The van der Waals surface area contributed by atoms with E-state index in [4.69, 9.17) is 14.5 Å². The van der Waals surface area contributed by atoms with Gasteiger partial charge >= 0.3 is 0 Å². The van der Waals surface area contributed by atoms with Crippen LogP contribution in [0.2, 0.25) is 0 Å². The summed E-state index contributed by atoms with van der Waals surface area (Å²) in [6.07, 6.45) is 3.82. The lowest BCUT2D eigenvalue weighted by atomic mass is 10.1. The van der Waals surface area contributed by atoms with Gasteiger partial charge in [-0.3, -0.25) is 4.79 Å². The highest BCUT2D eigenvalue weighted by molar-refractivity contribution is 5.78. The number of amides is 1. The Morgan fingerprint density at radius 1 is 1.40 bits per heavy atom. The molecule has 1 aliphatic rings. The minimum atomic E-state index is -0.192. The number of nitriles is 1. The average molecular weight is 340 g/mol. The van der Waals surface area contributed by atoms with E-state index in [9.17, 15) is 4.79 Å². The highest BCUT2D eigenvalue weighted by Gasteiger charge is 2.30. The third kappa shape index (κ3) is 3.97. The molecule has 3 rings (SSSR count). The van der Waals surface area contributed by atoms with Crippen LogP contribution >= 0.6 is 0 Å². The fraction of sp³-hybridized carbons (Fsp3) is 0.444. The number of hydrogen-bond donors (Lipinski definition) is 0. The third-order valence-electron chi connectivity index (χ3n) is 4.27. The number of benzene rings is 1. The van der Waals surface area contributed by atoms with Crippen LogP contribution in [0.3, 0.4) is 0 Å². The van der Waals surface area contributed by atoms with Crippen molar-refractivity contribution >= 4 is 5.91 Å². The first-order valence-electron chi connectivity index (χ1n) is 8.40. The fourth-order valence-electron chi connectivity index (χ4n) is 3.03. The summed E-state index contributed by atoms with van der Waals surface area (Å²) in [7, 11) is 0. The van der Waals surface area contributed by atoms with Crippen molar-refractivity contribution in [2.24, 2.45) is 0 Å². The van der Waals surface area contributed by atoms with Crippen molar-refractivity contribution in [2.45, 2.75) is 38.6 Å². The monoisotopic (exact) mass is 340 g/mol. The average Bonchev–Trinajstić information content (AvgIpc) is 2.92. The number of para-hydroxylation sites is 1. The van der Waals surface area contributed by atoms with Gasteiger partial charge in [-0.05, 0) is 25.0 Å². The zero-order valence-corrected chi connectivity index (χ0v) is 14.1. The van der Waals surface area contributed by atoms with Crippen molar-refractivity contribution in [1.29, 1.82) is 5.26 Å². The predicted octanol–water partition coefficient (Wildman–Crippen LogP) is 2.77. The molecule has 2 heterocycles. The summed E-state index contributed by atoms with van der Waals surface area (Å²) in [6.45, 7) is 2.26. The van der Waals surface area contributed by atoms with Gasteiger partial charge in [0, 0.05) is 13.5 Å². The molecule has 7 nitrogen and oxygen atoms in total. The largest absolute Gasteiger partial charge is 0.482 e. The van der Waals surface area contributed by atoms with Gasteiger partial charge in [0.05, 0.1) is 11.6 Å². The van der Waals surface area contributed by atoms with Crippen molar-refractivity contribution < 1.29 is 14.1 Å². The predicted molar refractivity (Wildman–Crippen MR) is 88.6 cm³/mol. The first-order valence-corrected chi connectivity index (χ1v) is 8.40. The summed E-state index contributed by atoms with van der Waals surface area (Å²) in [6, 6.07) is 8.76. The number of hydrogen-bond acceptors (Lipinski definition) is 6. The summed E-state index contributed by atoms with van der Waals surface area (Å²) in [5, 5.41) is 13.1. The number of ether oxygens (including phenoxy) is 1. The molecule has 0 radical (unpaired) electrons. The fourth-order valence-corrected chi connectivity index (χ4v) is 3.03. The summed E-state index contributed by atoms with van der Waals surface area (Å²) in [5.41, 5.74) is 0.413. The van der Waals surface area contributed by atoms with E-state index in [0.29, 0.717) is 29.6 Å². The topological polar surface area (TPSA) is 92.2 Å². The van der Waals surface area contributed by atoms with Crippen molar-refractivity contribution in [1.82, 2.24) is 15.0 Å². The van der Waals surface area contributed by atoms with Crippen LogP contribution in [0, 0.1) is 18.3 Å². The third-order valence-corrected chi connectivity index (χ3v) is 4.27. The SMILES string of the molecule is Cc1nc([C@@H]2CCCCCN2C(=O)COc2ccccc2C#N)no1. The Morgan fingerprint density at radius 3 is 3.00 bits per heavy atom. The van der Waals surface area contributed by atoms with Gasteiger partial charge < -0.3 is 14.2 Å². The first kappa shape index (κ1) is 17.0. The van der Waals surface area contributed by atoms with Crippen molar-refractivity contribution in [3.05, 3.63) is 41.5 Å². The molecule has 1 amide bonds. The lowest BCUT2D eigenvalue weighted by molar-refractivity contribution is -0.136. The number of likely N-dealkylation sites (tertiary alicyclic amines) is 1. The van der Waals surface area contributed by atoms with E-state index in [2.05, 4.69) is 16.2 Å². The number of carbonyl (C=O) groups is 1. The molecule has 0 N–H and O–H groups in total. The van der Waals surface area contributed by atoms with Gasteiger partial charge in [-0.15, -0.1) is 0 Å². The Balaban J connectivity index is 1.73. The molecule has 1 aliphatic heterocycles. The minimum Gasteiger partial charge on any atom is -0.482 e. The molecule has 1 aromatic heterocycles. The van der Waals surface area contributed by atoms with Crippen LogP contribution in [-0.2, 0) is 4.79 Å². The smallest absolute Gasteiger partial charge is 0.261 e. The summed E-state index contributed by atoms with van der Waals surface area (Å²) in [5.74, 6) is 1.32. The van der Waals surface area contributed by atoms with Crippen LogP contribution in [0.15, 0.2) is 28.8 Å². The molecule has 1 saturated heterocycles. The maximum Gasteiger partial charge on any atom is 0.261 e. The molecule has 130 valence electrons. The molecule has 25 heavy (non-hydrogen) atoms. The van der Waals surface area contributed by atoms with Crippen molar-refractivity contribution in [2.75, 3.05) is 13.2 Å². The van der Waals surface area contributed by atoms with Crippen LogP contribution < -0.4 is 4.74 Å². The van der Waals surface area contributed by atoms with E-state index in [0.717, 1.165) is 25.7 Å². The second-order valence-corrected chi connectivity index (χ2v) is 6.02. The maximum absolute atomic E-state index is 12.7. The van der Waals surface area contributed by atoms with Gasteiger partial charge in [0.25, 0.3) is 5.91 Å². The zero-order chi connectivity index (χ0) is 17.6. The highest BCUT2D eigenvalue weighted by Crippen LogP contribution is 2.28. The number of rotatable bonds is 4. The Bertz CT molecular complexity index is 781. The van der Waals surface area contributed by atoms with Gasteiger partial charge in [0.15, 0.2) is 12.4 Å². The van der Waals surface area contributed by atoms with Crippen LogP contribution in [-0.4, -0.2) is 34.1 Å². The Hall–Kier alpha value is -2.88. The van der Waals surface area contributed by atoms with E-state index in [1.165, 1.54) is 0 Å². The van der Waals surface area contributed by atoms with Gasteiger partial charge in [-0.25, -0.2) is 0 Å². The summed E-state index contributed by atoms with van der Waals surface area (Å²) >= 11 is 0. The molecule has 0 aliphatic carbocycles. The summed E-state index contributed by atoms with van der Waals surface area (Å²) in [4.78, 5) is 18.8. The molecule has 1 aromatic carbocycles. The van der Waals surface area contributed by atoms with Gasteiger partial charge in [0.2, 0.25) is 5.89 Å². The van der Waals surface area contributed by atoms with E-state index < -0.39 is 0 Å². The second kappa shape index (κ2) is 7.79. The molecular weight excluding hydrogens is 320 g/mol. The molecule has 0 spiro atoms. The molecule has 1 fully saturated rings. The maximum atomic E-state index is 12.7. The molecule has 0 unspecified atom stereocenters. The van der Waals surface area contributed by atoms with E-state index in [1.807, 2.05) is 0 Å². The van der Waals surface area contributed by atoms with E-state index >= 15 is 0 Å². The normalized spacial score (nSPS) is 17.6. The van der Waals surface area contributed by atoms with E-state index in [-0.39, 0.29) is 18.6 Å². The van der Waals surface area contributed by atoms with Gasteiger partial charge in [-0.1, -0.05) is 30.1 Å². The van der Waals surface area contributed by atoms with Crippen LogP contribution in [0.25, 0.3) is 0 Å². The Kier molecular flexibility index (Phi) is 5.29. The van der Waals surface area contributed by atoms with Crippen LogP contribution in [0.5, 0.6) is 5.75 Å². The number of aryl methyl sites for hydroxylation is 1. The molecule has 1 atom stereocenters. The zero-order valence-electron chi connectivity index (χ0n) is 14.1. The highest BCUT2D eigenvalue weighted by atomic mass is 16.5. The molecule has 2 aromatic rings. The van der Waals surface area contributed by atoms with Crippen molar-refractivity contribution in [3.8, 4) is 11.8 Å². The lowest BCUT2D eigenvalue weighted by Gasteiger charge is -2.27. The first-order chi connectivity index (χ1) is 12.2. The quantitative estimate of drug-likeness (QED) is 0.850. The molecule has 7 heteroatoms. The number of nitrogens with zero attached hydrogens (tertiary/aromatic N) is 4. The second-order valence-electron chi connectivity index (χ2n) is 6.02. The van der Waals surface area contributed by atoms with Crippen LogP contribution in [0.1, 0.15) is 49.0 Å². The molecule has 0 bridgehead atoms. The molecule has 0 saturated carbocycles. The summed E-state index contributed by atoms with van der Waals surface area (Å²) < 4.78 is 10.7. The number of carbonyl (C=O) groups excluding carboxylic acids is 1. The molecular formula is C18H20N4O3. The van der Waals surface area contributed by atoms with E-state index in [1.54, 1.807) is 36.1 Å². The Morgan fingerprint density at radius 2 is 2.24 bits per heavy atom.